The monoisotopic (exact) mass is 243 g/mol. The summed E-state index contributed by atoms with van der Waals surface area (Å²) >= 11 is 0. The lowest BCUT2D eigenvalue weighted by Crippen LogP contribution is -2.35. The van der Waals surface area contributed by atoms with Crippen LogP contribution >= 0.6 is 0 Å². The van der Waals surface area contributed by atoms with Gasteiger partial charge < -0.3 is 4.90 Å². The first-order chi connectivity index (χ1) is 8.75. The van der Waals surface area contributed by atoms with E-state index < -0.39 is 0 Å². The molecule has 0 bridgehead atoms. The van der Waals surface area contributed by atoms with Crippen molar-refractivity contribution in [2.45, 2.75) is 19.3 Å². The average molecular weight is 243 g/mol. The summed E-state index contributed by atoms with van der Waals surface area (Å²) in [6.45, 7) is 1.79. The molecule has 4 heteroatoms. The molecule has 0 aliphatic carbocycles. The number of hydrogen-bond acceptors (Lipinski definition) is 2. The van der Waals surface area contributed by atoms with Gasteiger partial charge in [-0.1, -0.05) is 0 Å². The van der Waals surface area contributed by atoms with Gasteiger partial charge >= 0.3 is 0 Å². The summed E-state index contributed by atoms with van der Waals surface area (Å²) in [5, 5.41) is 5.23. The zero-order chi connectivity index (χ0) is 12.5. The van der Waals surface area contributed by atoms with Crippen molar-refractivity contribution in [1.82, 2.24) is 14.7 Å². The van der Waals surface area contributed by atoms with E-state index in [9.17, 15) is 4.79 Å². The second kappa shape index (κ2) is 4.44. The Bertz CT molecular complexity index is 582. The molecule has 1 aliphatic rings. The highest BCUT2D eigenvalue weighted by atomic mass is 16.2. The maximum atomic E-state index is 12.3. The van der Waals surface area contributed by atoms with Crippen LogP contribution in [-0.4, -0.2) is 33.7 Å². The molecule has 0 saturated carbocycles. The van der Waals surface area contributed by atoms with Gasteiger partial charge in [0.1, 0.15) is 0 Å². The fourth-order valence-electron chi connectivity index (χ4n) is 2.58. The van der Waals surface area contributed by atoms with E-state index in [1.807, 2.05) is 41.0 Å². The molecule has 1 aliphatic heterocycles. The molecule has 3 rings (SSSR count). The fourth-order valence-corrected chi connectivity index (χ4v) is 2.58. The van der Waals surface area contributed by atoms with Crippen LogP contribution in [0.25, 0.3) is 10.9 Å². The van der Waals surface area contributed by atoms with Crippen molar-refractivity contribution in [3.8, 4) is 0 Å². The summed E-state index contributed by atoms with van der Waals surface area (Å²) in [5.74, 6) is 0.153. The van der Waals surface area contributed by atoms with Crippen molar-refractivity contribution in [3.63, 3.8) is 0 Å². The Hall–Kier alpha value is -1.84. The zero-order valence-corrected chi connectivity index (χ0v) is 10.6. The Balaban J connectivity index is 1.91. The second-order valence-corrected chi connectivity index (χ2v) is 4.89. The quantitative estimate of drug-likeness (QED) is 0.770. The van der Waals surface area contributed by atoms with Crippen molar-refractivity contribution in [2.75, 3.05) is 13.1 Å². The third-order valence-corrected chi connectivity index (χ3v) is 3.64. The normalized spacial score (nSPS) is 16.2. The molecule has 4 nitrogen and oxygen atoms in total. The standard InChI is InChI=1S/C14H17N3O/c1-16-13-6-5-11(9-12(13)10-15-16)14(18)17-7-3-2-4-8-17/h5-6,9-10H,2-4,7-8H2,1H3. The number of fused-ring (bicyclic) bond motifs is 1. The van der Waals surface area contributed by atoms with Crippen LogP contribution in [0.15, 0.2) is 24.4 Å². The van der Waals surface area contributed by atoms with Gasteiger partial charge in [0.2, 0.25) is 0 Å². The number of rotatable bonds is 1. The summed E-state index contributed by atoms with van der Waals surface area (Å²) in [5.41, 5.74) is 1.84. The van der Waals surface area contributed by atoms with Gasteiger partial charge in [-0.2, -0.15) is 5.10 Å². The first kappa shape index (κ1) is 11.3. The van der Waals surface area contributed by atoms with Gasteiger partial charge in [-0.15, -0.1) is 0 Å². The SMILES string of the molecule is Cn1ncc2cc(C(=O)N3CCCCC3)ccc21. The highest BCUT2D eigenvalue weighted by Gasteiger charge is 2.18. The van der Waals surface area contributed by atoms with Crippen LogP contribution in [0.4, 0.5) is 0 Å². The molecule has 1 aromatic carbocycles. The molecule has 2 heterocycles. The topological polar surface area (TPSA) is 38.1 Å². The Labute approximate surface area is 106 Å². The number of carbonyl (C=O) groups is 1. The van der Waals surface area contributed by atoms with Crippen LogP contribution < -0.4 is 0 Å². The maximum absolute atomic E-state index is 12.3. The average Bonchev–Trinajstić information content (AvgIpc) is 2.80. The number of aromatic nitrogens is 2. The zero-order valence-electron chi connectivity index (χ0n) is 10.6. The largest absolute Gasteiger partial charge is 0.339 e. The molecule has 0 radical (unpaired) electrons. The first-order valence-electron chi connectivity index (χ1n) is 6.47. The number of benzene rings is 1. The molecule has 1 saturated heterocycles. The molecule has 1 amide bonds. The summed E-state index contributed by atoms with van der Waals surface area (Å²) in [4.78, 5) is 14.3. The Morgan fingerprint density at radius 1 is 1.22 bits per heavy atom. The van der Waals surface area contributed by atoms with Gasteiger partial charge in [-0.05, 0) is 37.5 Å². The van der Waals surface area contributed by atoms with E-state index in [1.54, 1.807) is 0 Å². The van der Waals surface area contributed by atoms with Crippen LogP contribution in [0, 0.1) is 0 Å². The number of carbonyl (C=O) groups excluding carboxylic acids is 1. The van der Waals surface area contributed by atoms with Crippen molar-refractivity contribution in [1.29, 1.82) is 0 Å². The molecular formula is C14H17N3O. The lowest BCUT2D eigenvalue weighted by molar-refractivity contribution is 0.0724. The summed E-state index contributed by atoms with van der Waals surface area (Å²) in [6.07, 6.45) is 5.30. The van der Waals surface area contributed by atoms with E-state index >= 15 is 0 Å². The van der Waals surface area contributed by atoms with Crippen LogP contribution in [0.5, 0.6) is 0 Å². The van der Waals surface area contributed by atoms with Crippen molar-refractivity contribution >= 4 is 16.8 Å². The molecule has 0 unspecified atom stereocenters. The van der Waals surface area contributed by atoms with E-state index in [4.69, 9.17) is 0 Å². The Kier molecular flexibility index (Phi) is 2.78. The van der Waals surface area contributed by atoms with Crippen LogP contribution in [0.2, 0.25) is 0 Å². The lowest BCUT2D eigenvalue weighted by atomic mass is 10.1. The minimum absolute atomic E-state index is 0.153. The van der Waals surface area contributed by atoms with E-state index in [1.165, 1.54) is 6.42 Å². The molecule has 18 heavy (non-hydrogen) atoms. The Morgan fingerprint density at radius 3 is 2.78 bits per heavy atom. The van der Waals surface area contributed by atoms with E-state index in [2.05, 4.69) is 5.10 Å². The first-order valence-corrected chi connectivity index (χ1v) is 6.47. The van der Waals surface area contributed by atoms with Gasteiger partial charge in [-0.3, -0.25) is 9.48 Å². The Morgan fingerprint density at radius 2 is 2.00 bits per heavy atom. The van der Waals surface area contributed by atoms with E-state index in [-0.39, 0.29) is 5.91 Å². The number of piperidine rings is 1. The highest BCUT2D eigenvalue weighted by molar-refractivity contribution is 5.98. The number of nitrogens with zero attached hydrogens (tertiary/aromatic N) is 3. The molecule has 0 N–H and O–H groups in total. The highest BCUT2D eigenvalue weighted by Crippen LogP contribution is 2.18. The van der Waals surface area contributed by atoms with Gasteiger partial charge in [0.05, 0.1) is 11.7 Å². The molecular weight excluding hydrogens is 226 g/mol. The maximum Gasteiger partial charge on any atom is 0.253 e. The third-order valence-electron chi connectivity index (χ3n) is 3.64. The summed E-state index contributed by atoms with van der Waals surface area (Å²) < 4.78 is 1.82. The van der Waals surface area contributed by atoms with Crippen LogP contribution in [0.3, 0.4) is 0 Å². The molecule has 94 valence electrons. The molecule has 1 aromatic heterocycles. The number of amides is 1. The van der Waals surface area contributed by atoms with E-state index in [0.29, 0.717) is 0 Å². The number of hydrogen-bond donors (Lipinski definition) is 0. The minimum Gasteiger partial charge on any atom is -0.339 e. The molecule has 0 spiro atoms. The van der Waals surface area contributed by atoms with Crippen molar-refractivity contribution < 1.29 is 4.79 Å². The second-order valence-electron chi connectivity index (χ2n) is 4.89. The fraction of sp³-hybridized carbons (Fsp3) is 0.429. The smallest absolute Gasteiger partial charge is 0.253 e. The summed E-state index contributed by atoms with van der Waals surface area (Å²) in [6, 6.07) is 5.82. The van der Waals surface area contributed by atoms with Crippen LogP contribution in [0.1, 0.15) is 29.6 Å². The van der Waals surface area contributed by atoms with Gasteiger partial charge in [0, 0.05) is 31.1 Å². The van der Waals surface area contributed by atoms with Crippen LogP contribution in [-0.2, 0) is 7.05 Å². The predicted octanol–water partition coefficient (Wildman–Crippen LogP) is 2.20. The lowest BCUT2D eigenvalue weighted by Gasteiger charge is -2.26. The molecule has 0 atom stereocenters. The van der Waals surface area contributed by atoms with Crippen molar-refractivity contribution in [2.24, 2.45) is 7.05 Å². The van der Waals surface area contributed by atoms with Gasteiger partial charge in [0.25, 0.3) is 5.91 Å². The molecule has 2 aromatic rings. The van der Waals surface area contributed by atoms with Gasteiger partial charge in [0.15, 0.2) is 0 Å². The van der Waals surface area contributed by atoms with Gasteiger partial charge in [-0.25, -0.2) is 0 Å². The van der Waals surface area contributed by atoms with Crippen molar-refractivity contribution in [3.05, 3.63) is 30.0 Å². The summed E-state index contributed by atoms with van der Waals surface area (Å²) in [7, 11) is 1.91. The van der Waals surface area contributed by atoms with E-state index in [0.717, 1.165) is 42.4 Å². The third kappa shape index (κ3) is 1.88. The number of aryl methyl sites for hydroxylation is 1. The number of likely N-dealkylation sites (tertiary alicyclic amines) is 1. The predicted molar refractivity (Wildman–Crippen MR) is 70.5 cm³/mol. The molecule has 1 fully saturated rings. The minimum atomic E-state index is 0.153.